The van der Waals surface area contributed by atoms with E-state index in [1.165, 1.54) is 24.8 Å². The van der Waals surface area contributed by atoms with Gasteiger partial charge >= 0.3 is 0 Å². The number of benzene rings is 1. The van der Waals surface area contributed by atoms with Gasteiger partial charge in [0.25, 0.3) is 0 Å². The minimum atomic E-state index is -0.153. The van der Waals surface area contributed by atoms with E-state index in [1.54, 1.807) is 7.11 Å². The van der Waals surface area contributed by atoms with E-state index >= 15 is 0 Å². The lowest BCUT2D eigenvalue weighted by Gasteiger charge is -2.59. The first kappa shape index (κ1) is 19.9. The van der Waals surface area contributed by atoms with Gasteiger partial charge in [0.05, 0.1) is 12.5 Å². The van der Waals surface area contributed by atoms with Crippen molar-refractivity contribution in [3.8, 4) is 5.75 Å². The Balaban J connectivity index is 1.34. The van der Waals surface area contributed by atoms with Crippen LogP contribution in [0.15, 0.2) is 24.3 Å². The molecule has 1 aliphatic heterocycles. The molecule has 1 heterocycles. The van der Waals surface area contributed by atoms with Crippen LogP contribution in [0.2, 0.25) is 0 Å². The van der Waals surface area contributed by atoms with E-state index < -0.39 is 0 Å². The minimum absolute atomic E-state index is 0.0471. The summed E-state index contributed by atoms with van der Waals surface area (Å²) in [5, 5.41) is 3.45. The average Bonchev–Trinajstić information content (AvgIpc) is 2.71. The SMILES string of the molecule is COc1ccc(C2(CNC(=O)C34CC5CC(CC(Br)(C5)C3)C4)CCOCC2)cc1. The molecule has 6 rings (SSSR count). The third kappa shape index (κ3) is 3.52. The Morgan fingerprint density at radius 2 is 1.79 bits per heavy atom. The summed E-state index contributed by atoms with van der Waals surface area (Å²) in [6.07, 6.45) is 8.91. The Labute approximate surface area is 182 Å². The Kier molecular flexibility index (Phi) is 4.98. The molecule has 4 saturated carbocycles. The lowest BCUT2D eigenvalue weighted by molar-refractivity contribution is -0.144. The highest BCUT2D eigenvalue weighted by Crippen LogP contribution is 2.64. The van der Waals surface area contributed by atoms with Crippen molar-refractivity contribution in [2.24, 2.45) is 17.3 Å². The molecular formula is C24H32BrNO3. The van der Waals surface area contributed by atoms with Gasteiger partial charge in [0.15, 0.2) is 0 Å². The molecule has 2 unspecified atom stereocenters. The summed E-state index contributed by atoms with van der Waals surface area (Å²) in [5.41, 5.74) is 1.08. The molecule has 1 aromatic rings. The van der Waals surface area contributed by atoms with Crippen molar-refractivity contribution in [3.63, 3.8) is 0 Å². The Morgan fingerprint density at radius 1 is 1.14 bits per heavy atom. The maximum Gasteiger partial charge on any atom is 0.226 e. The smallest absolute Gasteiger partial charge is 0.226 e. The highest BCUT2D eigenvalue weighted by Gasteiger charge is 2.59. The second-order valence-electron chi connectivity index (χ2n) is 10.2. The highest BCUT2D eigenvalue weighted by molar-refractivity contribution is 9.10. The number of nitrogens with one attached hydrogen (secondary N) is 1. The largest absolute Gasteiger partial charge is 0.497 e. The van der Waals surface area contributed by atoms with Gasteiger partial charge in [-0.2, -0.15) is 0 Å². The van der Waals surface area contributed by atoms with E-state index in [0.29, 0.717) is 12.5 Å². The maximum atomic E-state index is 13.6. The van der Waals surface area contributed by atoms with Crippen molar-refractivity contribution >= 4 is 21.8 Å². The predicted octanol–water partition coefficient (Wildman–Crippen LogP) is 4.59. The first-order chi connectivity index (χ1) is 13.9. The first-order valence-corrected chi connectivity index (χ1v) is 11.9. The zero-order chi connectivity index (χ0) is 20.1. The molecule has 1 amide bonds. The molecule has 5 fully saturated rings. The number of ether oxygens (including phenoxy) is 2. The second-order valence-corrected chi connectivity index (χ2v) is 11.9. The van der Waals surface area contributed by atoms with Crippen LogP contribution in [0.5, 0.6) is 5.75 Å². The molecule has 1 N–H and O–H groups in total. The number of amides is 1. The number of halogens is 1. The molecule has 0 radical (unpaired) electrons. The quantitative estimate of drug-likeness (QED) is 0.651. The van der Waals surface area contributed by atoms with Crippen molar-refractivity contribution in [2.75, 3.05) is 26.9 Å². The second kappa shape index (κ2) is 7.26. The lowest BCUT2D eigenvalue weighted by atomic mass is 9.49. The molecule has 5 heteroatoms. The van der Waals surface area contributed by atoms with Crippen LogP contribution in [-0.4, -0.2) is 37.1 Å². The summed E-state index contributed by atoms with van der Waals surface area (Å²) in [6.45, 7) is 2.21. The fourth-order valence-electron chi connectivity index (χ4n) is 7.13. The van der Waals surface area contributed by atoms with Crippen molar-refractivity contribution in [3.05, 3.63) is 29.8 Å². The molecule has 2 atom stereocenters. The summed E-state index contributed by atoms with van der Waals surface area (Å²) in [5.74, 6) is 2.62. The molecule has 29 heavy (non-hydrogen) atoms. The number of hydrogen-bond acceptors (Lipinski definition) is 3. The van der Waals surface area contributed by atoms with E-state index in [4.69, 9.17) is 9.47 Å². The van der Waals surface area contributed by atoms with Gasteiger partial charge in [0, 0.05) is 29.5 Å². The van der Waals surface area contributed by atoms with E-state index in [1.807, 2.05) is 12.1 Å². The maximum absolute atomic E-state index is 13.6. The van der Waals surface area contributed by atoms with Gasteiger partial charge in [-0.25, -0.2) is 0 Å². The van der Waals surface area contributed by atoms with Gasteiger partial charge in [0.2, 0.25) is 5.91 Å². The molecule has 4 nitrogen and oxygen atoms in total. The predicted molar refractivity (Wildman–Crippen MR) is 117 cm³/mol. The van der Waals surface area contributed by atoms with E-state index in [0.717, 1.165) is 62.9 Å². The highest BCUT2D eigenvalue weighted by atomic mass is 79.9. The van der Waals surface area contributed by atoms with Crippen LogP contribution in [0.4, 0.5) is 0 Å². The molecular weight excluding hydrogens is 430 g/mol. The third-order valence-corrected chi connectivity index (χ3v) is 9.14. The van der Waals surface area contributed by atoms with Crippen LogP contribution < -0.4 is 10.1 Å². The molecule has 4 aliphatic carbocycles. The van der Waals surface area contributed by atoms with Crippen LogP contribution in [0.1, 0.15) is 56.9 Å². The molecule has 1 saturated heterocycles. The zero-order valence-corrected chi connectivity index (χ0v) is 18.9. The number of alkyl halides is 1. The lowest BCUT2D eigenvalue weighted by Crippen LogP contribution is -2.59. The topological polar surface area (TPSA) is 47.6 Å². The minimum Gasteiger partial charge on any atom is -0.497 e. The molecule has 0 aromatic heterocycles. The van der Waals surface area contributed by atoms with Gasteiger partial charge in [-0.3, -0.25) is 4.79 Å². The van der Waals surface area contributed by atoms with Gasteiger partial charge in [0.1, 0.15) is 5.75 Å². The number of rotatable bonds is 5. The fourth-order valence-corrected chi connectivity index (χ4v) is 8.58. The molecule has 4 bridgehead atoms. The normalized spacial score (nSPS) is 37.3. The van der Waals surface area contributed by atoms with Crippen molar-refractivity contribution in [1.82, 2.24) is 5.32 Å². The third-order valence-electron chi connectivity index (χ3n) is 8.21. The van der Waals surface area contributed by atoms with Gasteiger partial charge < -0.3 is 14.8 Å². The van der Waals surface area contributed by atoms with Crippen LogP contribution in [0, 0.1) is 17.3 Å². The summed E-state index contributed by atoms with van der Waals surface area (Å²) in [6, 6.07) is 8.38. The zero-order valence-electron chi connectivity index (χ0n) is 17.3. The molecule has 1 aromatic carbocycles. The number of carbonyl (C=O) groups excluding carboxylic acids is 1. The van der Waals surface area contributed by atoms with Crippen molar-refractivity contribution < 1.29 is 14.3 Å². The van der Waals surface area contributed by atoms with E-state index in [9.17, 15) is 4.79 Å². The number of hydrogen-bond donors (Lipinski definition) is 1. The van der Waals surface area contributed by atoms with E-state index in [2.05, 4.69) is 33.4 Å². The Bertz CT molecular complexity index is 757. The first-order valence-electron chi connectivity index (χ1n) is 11.1. The monoisotopic (exact) mass is 461 g/mol. The standard InChI is InChI=1S/C24H32BrNO3/c1-28-20-4-2-19(3-5-20)22(6-8-29-9-7-22)16-26-21(27)23-11-17-10-18(12-23)14-24(25,13-17)15-23/h2-5,17-18H,6-16H2,1H3,(H,26,27). The van der Waals surface area contributed by atoms with Crippen molar-refractivity contribution in [2.45, 2.75) is 61.1 Å². The Morgan fingerprint density at radius 3 is 2.38 bits per heavy atom. The summed E-state index contributed by atoms with van der Waals surface area (Å²) in [4.78, 5) is 13.6. The fraction of sp³-hybridized carbons (Fsp3) is 0.708. The summed E-state index contributed by atoms with van der Waals surface area (Å²) < 4.78 is 11.2. The number of methoxy groups -OCH3 is 1. The van der Waals surface area contributed by atoms with Crippen LogP contribution in [0.25, 0.3) is 0 Å². The van der Waals surface area contributed by atoms with Gasteiger partial charge in [-0.15, -0.1) is 0 Å². The molecule has 5 aliphatic rings. The van der Waals surface area contributed by atoms with Crippen molar-refractivity contribution in [1.29, 1.82) is 0 Å². The Hall–Kier alpha value is -1.07. The summed E-state index contributed by atoms with van der Waals surface area (Å²) >= 11 is 4.04. The summed E-state index contributed by atoms with van der Waals surface area (Å²) in [7, 11) is 1.70. The van der Waals surface area contributed by atoms with E-state index in [-0.39, 0.29) is 15.2 Å². The van der Waals surface area contributed by atoms with Crippen LogP contribution in [0.3, 0.4) is 0 Å². The average molecular weight is 462 g/mol. The van der Waals surface area contributed by atoms with Crippen LogP contribution in [-0.2, 0) is 14.9 Å². The molecule has 0 spiro atoms. The van der Waals surface area contributed by atoms with Gasteiger partial charge in [-0.05, 0) is 80.9 Å². The van der Waals surface area contributed by atoms with Gasteiger partial charge in [-0.1, -0.05) is 28.1 Å². The molecule has 158 valence electrons. The van der Waals surface area contributed by atoms with Crippen LogP contribution >= 0.6 is 15.9 Å². The number of carbonyl (C=O) groups is 1.